The Labute approximate surface area is 139 Å². The van der Waals surface area contributed by atoms with E-state index in [9.17, 15) is 0 Å². The highest BCUT2D eigenvalue weighted by Gasteiger charge is 2.20. The molecule has 1 aromatic carbocycles. The van der Waals surface area contributed by atoms with Gasteiger partial charge in [0.05, 0.1) is 15.8 Å². The lowest BCUT2D eigenvalue weighted by atomic mass is 10.1. The molecule has 0 bridgehead atoms. The Bertz CT molecular complexity index is 607. The number of aryl methyl sites for hydroxylation is 2. The van der Waals surface area contributed by atoms with Crippen LogP contribution in [0.5, 0.6) is 0 Å². The summed E-state index contributed by atoms with van der Waals surface area (Å²) in [4.78, 5) is 0. The number of aromatic nitrogens is 2. The van der Waals surface area contributed by atoms with E-state index in [0.717, 1.165) is 42.5 Å². The van der Waals surface area contributed by atoms with Crippen LogP contribution in [0.25, 0.3) is 10.9 Å². The minimum absolute atomic E-state index is 0.748. The molecule has 0 radical (unpaired) electrons. The predicted molar refractivity (Wildman–Crippen MR) is 93.8 cm³/mol. The third kappa shape index (κ3) is 3.96. The average Bonchev–Trinajstić information content (AvgIpc) is 3.27. The summed E-state index contributed by atoms with van der Waals surface area (Å²) in [5.74, 6) is 0. The van der Waals surface area contributed by atoms with Gasteiger partial charge in [0.1, 0.15) is 0 Å². The van der Waals surface area contributed by atoms with E-state index in [1.807, 2.05) is 0 Å². The molecule has 4 nitrogen and oxygen atoms in total. The second kappa shape index (κ2) is 7.07. The van der Waals surface area contributed by atoms with Crippen molar-refractivity contribution in [3.63, 3.8) is 0 Å². The zero-order valence-electron chi connectivity index (χ0n) is 12.4. The van der Waals surface area contributed by atoms with Crippen LogP contribution in [0.3, 0.4) is 0 Å². The summed E-state index contributed by atoms with van der Waals surface area (Å²) in [6, 6.07) is 7.46. The lowest BCUT2D eigenvalue weighted by molar-refractivity contribution is 0.182. The van der Waals surface area contributed by atoms with Gasteiger partial charge in [-0.3, -0.25) is 4.68 Å². The van der Waals surface area contributed by atoms with Crippen molar-refractivity contribution in [1.29, 1.82) is 0 Å². The van der Waals surface area contributed by atoms with Crippen molar-refractivity contribution in [1.82, 2.24) is 15.1 Å². The Morgan fingerprint density at radius 2 is 2.29 bits per heavy atom. The van der Waals surface area contributed by atoms with Crippen molar-refractivity contribution in [2.45, 2.75) is 45.3 Å². The van der Waals surface area contributed by atoms with Crippen molar-refractivity contribution >= 4 is 33.5 Å². The van der Waals surface area contributed by atoms with Crippen molar-refractivity contribution in [3.05, 3.63) is 29.5 Å². The number of benzene rings is 1. The van der Waals surface area contributed by atoms with Crippen LogP contribution in [-0.4, -0.2) is 27.0 Å². The van der Waals surface area contributed by atoms with E-state index < -0.39 is 0 Å². The van der Waals surface area contributed by atoms with E-state index in [4.69, 9.17) is 4.74 Å². The molecule has 114 valence electrons. The molecule has 2 aromatic rings. The topological polar surface area (TPSA) is 39.1 Å². The Morgan fingerprint density at radius 3 is 3.05 bits per heavy atom. The van der Waals surface area contributed by atoms with Crippen molar-refractivity contribution in [3.8, 4) is 0 Å². The molecule has 21 heavy (non-hydrogen) atoms. The zero-order valence-corrected chi connectivity index (χ0v) is 14.6. The molecule has 0 atom stereocenters. The number of fused-ring (bicyclic) bond motifs is 1. The summed E-state index contributed by atoms with van der Waals surface area (Å²) < 4.78 is 8.29. The van der Waals surface area contributed by atoms with Crippen LogP contribution in [0, 0.1) is 6.92 Å². The number of nitrogens with zero attached hydrogens (tertiary/aromatic N) is 2. The molecule has 1 fully saturated rings. The molecule has 1 saturated carbocycles. The summed E-state index contributed by atoms with van der Waals surface area (Å²) >= 11 is 2.23. The van der Waals surface area contributed by atoms with Crippen LogP contribution in [0.15, 0.2) is 18.2 Å². The second-order valence-electron chi connectivity index (χ2n) is 5.69. The number of rotatable bonds is 8. The van der Waals surface area contributed by atoms with Crippen LogP contribution in [-0.2, 0) is 17.8 Å². The minimum Gasteiger partial charge on any atom is -0.371 e. The third-order valence-electron chi connectivity index (χ3n) is 3.91. The van der Waals surface area contributed by atoms with Gasteiger partial charge in [0.15, 0.2) is 0 Å². The summed E-state index contributed by atoms with van der Waals surface area (Å²) in [6.07, 6.45) is 3.66. The maximum Gasteiger partial charge on any atom is 0.0979 e. The molecule has 0 aliphatic heterocycles. The van der Waals surface area contributed by atoms with Crippen LogP contribution in [0.4, 0.5) is 0 Å². The van der Waals surface area contributed by atoms with E-state index in [-0.39, 0.29) is 0 Å². The first-order chi connectivity index (χ1) is 10.3. The number of halogens is 1. The summed E-state index contributed by atoms with van der Waals surface area (Å²) in [5.41, 5.74) is 3.71. The first kappa shape index (κ1) is 15.2. The molecule has 1 aromatic heterocycles. The molecule has 1 aliphatic rings. The smallest absolute Gasteiger partial charge is 0.0979 e. The molecule has 3 rings (SSSR count). The first-order valence-electron chi connectivity index (χ1n) is 7.61. The molecule has 1 heterocycles. The quantitative estimate of drug-likeness (QED) is 0.420. The average molecular weight is 399 g/mol. The highest BCUT2D eigenvalue weighted by molar-refractivity contribution is 14.1. The maximum atomic E-state index is 5.41. The molecular weight excluding hydrogens is 377 g/mol. The van der Waals surface area contributed by atoms with Gasteiger partial charge in [-0.2, -0.15) is 5.10 Å². The van der Waals surface area contributed by atoms with Crippen LogP contribution >= 0.6 is 22.6 Å². The highest BCUT2D eigenvalue weighted by Crippen LogP contribution is 2.22. The fraction of sp³-hybridized carbons (Fsp3) is 0.562. The van der Waals surface area contributed by atoms with Crippen molar-refractivity contribution in [2.75, 3.05) is 11.2 Å². The van der Waals surface area contributed by atoms with Gasteiger partial charge < -0.3 is 10.1 Å². The lowest BCUT2D eigenvalue weighted by Gasteiger charge is -2.06. The molecule has 0 amide bonds. The standard InChI is InChI=1S/C16H22IN3O/c1-12-15-6-3-13(10-18-14-4-5-14)9-16(15)20(19-12)7-2-8-21-11-17/h3,6,9,14,18H,2,4-5,7-8,10-11H2,1H3. The van der Waals surface area contributed by atoms with Crippen LogP contribution < -0.4 is 5.32 Å². The summed E-state index contributed by atoms with van der Waals surface area (Å²) in [7, 11) is 0. The number of ether oxygens (including phenoxy) is 1. The monoisotopic (exact) mass is 399 g/mol. The van der Waals surface area contributed by atoms with E-state index >= 15 is 0 Å². The molecule has 0 saturated heterocycles. The first-order valence-corrected chi connectivity index (χ1v) is 9.13. The molecule has 5 heteroatoms. The van der Waals surface area contributed by atoms with Crippen LogP contribution in [0.2, 0.25) is 0 Å². The largest absolute Gasteiger partial charge is 0.371 e. The lowest BCUT2D eigenvalue weighted by Crippen LogP contribution is -2.15. The van der Waals surface area contributed by atoms with Crippen LogP contribution in [0.1, 0.15) is 30.5 Å². The van der Waals surface area contributed by atoms with Gasteiger partial charge in [0, 0.05) is 31.1 Å². The van der Waals surface area contributed by atoms with Gasteiger partial charge in [-0.1, -0.05) is 34.7 Å². The van der Waals surface area contributed by atoms with Gasteiger partial charge in [-0.25, -0.2) is 0 Å². The van der Waals surface area contributed by atoms with E-state index in [1.54, 1.807) is 0 Å². The second-order valence-corrected chi connectivity index (χ2v) is 6.31. The summed E-state index contributed by atoms with van der Waals surface area (Å²) in [6.45, 7) is 4.76. The van der Waals surface area contributed by atoms with Gasteiger partial charge in [0.25, 0.3) is 0 Å². The fourth-order valence-electron chi connectivity index (χ4n) is 2.59. The van der Waals surface area contributed by atoms with Gasteiger partial charge in [0.2, 0.25) is 0 Å². The van der Waals surface area contributed by atoms with Gasteiger partial charge >= 0.3 is 0 Å². The fourth-order valence-corrected chi connectivity index (χ4v) is 2.90. The van der Waals surface area contributed by atoms with E-state index in [1.165, 1.54) is 29.3 Å². The predicted octanol–water partition coefficient (Wildman–Crippen LogP) is 3.40. The number of alkyl halides is 1. The Kier molecular flexibility index (Phi) is 5.13. The zero-order chi connectivity index (χ0) is 14.7. The van der Waals surface area contributed by atoms with Gasteiger partial charge in [-0.15, -0.1) is 0 Å². The molecule has 0 unspecified atom stereocenters. The van der Waals surface area contributed by atoms with E-state index in [2.05, 4.69) is 62.8 Å². The van der Waals surface area contributed by atoms with E-state index in [0.29, 0.717) is 0 Å². The van der Waals surface area contributed by atoms with Crippen molar-refractivity contribution in [2.24, 2.45) is 0 Å². The summed E-state index contributed by atoms with van der Waals surface area (Å²) in [5, 5.41) is 9.51. The third-order valence-corrected chi connectivity index (χ3v) is 4.35. The molecule has 1 aliphatic carbocycles. The normalized spacial score (nSPS) is 15.0. The van der Waals surface area contributed by atoms with Crippen molar-refractivity contribution < 1.29 is 4.74 Å². The Balaban J connectivity index is 1.73. The SMILES string of the molecule is Cc1nn(CCCOCI)c2cc(CNC3CC3)ccc12. The number of hydrogen-bond donors (Lipinski definition) is 1. The minimum atomic E-state index is 0.748. The number of nitrogens with one attached hydrogen (secondary N) is 1. The molecule has 0 spiro atoms. The molecular formula is C16H22IN3O. The maximum absolute atomic E-state index is 5.41. The van der Waals surface area contributed by atoms with Gasteiger partial charge in [-0.05, 0) is 37.8 Å². The number of hydrogen-bond acceptors (Lipinski definition) is 3. The Hall–Kier alpha value is -0.660. The molecule has 1 N–H and O–H groups in total. The Morgan fingerprint density at radius 1 is 1.43 bits per heavy atom. The highest BCUT2D eigenvalue weighted by atomic mass is 127.